The molecule has 0 fully saturated rings. The third-order valence-corrected chi connectivity index (χ3v) is 9.71. The highest BCUT2D eigenvalue weighted by Crippen LogP contribution is 2.41. The van der Waals surface area contributed by atoms with E-state index < -0.39 is 32.1 Å². The lowest BCUT2D eigenvalue weighted by Gasteiger charge is -2.39. The van der Waals surface area contributed by atoms with Crippen molar-refractivity contribution < 1.29 is 22.7 Å². The molecule has 1 aliphatic rings. The van der Waals surface area contributed by atoms with Gasteiger partial charge in [-0.05, 0) is 24.2 Å². The summed E-state index contributed by atoms with van der Waals surface area (Å²) in [7, 11) is -2.18. The first-order valence-electron chi connectivity index (χ1n) is 7.66. The van der Waals surface area contributed by atoms with E-state index >= 15 is 0 Å². The SMILES string of the molecule is CC(C)(C)[Si](C)(C)OC(CBr)c1cc2c(c(F)c1F)NC(=O)OC2. The molecule has 0 radical (unpaired) electrons. The van der Waals surface area contributed by atoms with E-state index in [-0.39, 0.29) is 22.9 Å². The zero-order valence-corrected chi connectivity index (χ0v) is 17.0. The fourth-order valence-corrected chi connectivity index (χ4v) is 4.18. The van der Waals surface area contributed by atoms with Crippen molar-refractivity contribution in [1.82, 2.24) is 0 Å². The van der Waals surface area contributed by atoms with Crippen LogP contribution in [0.4, 0.5) is 19.3 Å². The minimum Gasteiger partial charge on any atom is -0.444 e. The van der Waals surface area contributed by atoms with E-state index in [1.54, 1.807) is 0 Å². The van der Waals surface area contributed by atoms with Gasteiger partial charge in [-0.15, -0.1) is 0 Å². The van der Waals surface area contributed by atoms with Crippen LogP contribution in [0, 0.1) is 11.6 Å². The van der Waals surface area contributed by atoms with Gasteiger partial charge < -0.3 is 9.16 Å². The number of rotatable bonds is 4. The van der Waals surface area contributed by atoms with Gasteiger partial charge in [0.2, 0.25) is 0 Å². The fraction of sp³-hybridized carbons (Fsp3) is 0.562. The van der Waals surface area contributed by atoms with Crippen LogP contribution in [0.2, 0.25) is 18.1 Å². The molecular formula is C16H22BrF2NO3Si. The molecule has 24 heavy (non-hydrogen) atoms. The molecule has 0 aliphatic carbocycles. The number of hydrogen-bond acceptors (Lipinski definition) is 3. The Kier molecular flexibility index (Phi) is 5.42. The summed E-state index contributed by atoms with van der Waals surface area (Å²) in [4.78, 5) is 11.2. The quantitative estimate of drug-likeness (QED) is 0.516. The van der Waals surface area contributed by atoms with E-state index in [1.165, 1.54) is 6.07 Å². The number of ether oxygens (including phenoxy) is 1. The molecule has 1 N–H and O–H groups in total. The minimum atomic E-state index is -2.18. The molecule has 0 saturated heterocycles. The normalized spacial score (nSPS) is 16.2. The summed E-state index contributed by atoms with van der Waals surface area (Å²) in [5.74, 6) is -2.08. The largest absolute Gasteiger partial charge is 0.444 e. The number of carbonyl (C=O) groups excluding carboxylic acids is 1. The van der Waals surface area contributed by atoms with Crippen molar-refractivity contribution >= 4 is 36.0 Å². The van der Waals surface area contributed by atoms with Gasteiger partial charge in [0.25, 0.3) is 0 Å². The monoisotopic (exact) mass is 421 g/mol. The van der Waals surface area contributed by atoms with Gasteiger partial charge in [0.15, 0.2) is 20.0 Å². The zero-order chi connectivity index (χ0) is 18.3. The molecule has 1 atom stereocenters. The predicted octanol–water partition coefficient (Wildman–Crippen LogP) is 5.48. The van der Waals surface area contributed by atoms with E-state index in [2.05, 4.69) is 55.1 Å². The number of carbonyl (C=O) groups is 1. The third-order valence-electron chi connectivity index (χ3n) is 4.63. The Morgan fingerprint density at radius 2 is 2.00 bits per heavy atom. The summed E-state index contributed by atoms with van der Waals surface area (Å²) in [5, 5.41) is 2.48. The summed E-state index contributed by atoms with van der Waals surface area (Å²) >= 11 is 3.34. The molecule has 1 amide bonds. The smallest absolute Gasteiger partial charge is 0.412 e. The fourth-order valence-electron chi connectivity index (χ4n) is 2.18. The molecule has 134 valence electrons. The number of alkyl halides is 1. The second-order valence-electron chi connectivity index (χ2n) is 7.35. The van der Waals surface area contributed by atoms with E-state index in [9.17, 15) is 13.6 Å². The topological polar surface area (TPSA) is 47.6 Å². The Bertz CT molecular complexity index is 662. The van der Waals surface area contributed by atoms with Crippen molar-refractivity contribution in [3.63, 3.8) is 0 Å². The molecule has 1 aromatic rings. The molecule has 4 nitrogen and oxygen atoms in total. The van der Waals surface area contributed by atoms with Crippen molar-refractivity contribution in [3.8, 4) is 0 Å². The van der Waals surface area contributed by atoms with Crippen LogP contribution < -0.4 is 5.32 Å². The molecule has 1 aromatic carbocycles. The summed E-state index contributed by atoms with van der Waals surface area (Å²) in [6.07, 6.45) is -1.41. The lowest BCUT2D eigenvalue weighted by molar-refractivity contribution is 0.150. The Morgan fingerprint density at radius 3 is 2.54 bits per heavy atom. The highest BCUT2D eigenvalue weighted by Gasteiger charge is 2.40. The average Bonchev–Trinajstić information content (AvgIpc) is 2.48. The van der Waals surface area contributed by atoms with Crippen LogP contribution in [0.5, 0.6) is 0 Å². The van der Waals surface area contributed by atoms with Gasteiger partial charge in [0, 0.05) is 16.5 Å². The molecular weight excluding hydrogens is 400 g/mol. The maximum atomic E-state index is 14.6. The number of cyclic esters (lactones) is 1. The Balaban J connectivity index is 2.43. The molecule has 8 heteroatoms. The molecule has 0 saturated carbocycles. The van der Waals surface area contributed by atoms with Gasteiger partial charge in [-0.2, -0.15) is 0 Å². The maximum Gasteiger partial charge on any atom is 0.412 e. The van der Waals surface area contributed by atoms with Crippen LogP contribution in [0.25, 0.3) is 0 Å². The van der Waals surface area contributed by atoms with Crippen LogP contribution in [-0.4, -0.2) is 19.7 Å². The van der Waals surface area contributed by atoms with Crippen molar-refractivity contribution in [3.05, 3.63) is 28.8 Å². The Hall–Kier alpha value is -0.993. The average molecular weight is 422 g/mol. The Morgan fingerprint density at radius 1 is 1.38 bits per heavy atom. The predicted molar refractivity (Wildman–Crippen MR) is 95.0 cm³/mol. The number of amides is 1. The number of fused-ring (bicyclic) bond motifs is 1. The van der Waals surface area contributed by atoms with E-state index in [0.29, 0.717) is 10.9 Å². The van der Waals surface area contributed by atoms with E-state index in [1.807, 2.05) is 0 Å². The van der Waals surface area contributed by atoms with Crippen LogP contribution >= 0.6 is 15.9 Å². The highest BCUT2D eigenvalue weighted by molar-refractivity contribution is 9.09. The van der Waals surface area contributed by atoms with Crippen LogP contribution in [0.15, 0.2) is 6.07 Å². The van der Waals surface area contributed by atoms with Crippen LogP contribution in [-0.2, 0) is 15.8 Å². The molecule has 1 unspecified atom stereocenters. The molecule has 1 heterocycles. The second kappa shape index (κ2) is 6.72. The van der Waals surface area contributed by atoms with Crippen molar-refractivity contribution in [2.45, 2.75) is 51.6 Å². The second-order valence-corrected chi connectivity index (χ2v) is 12.8. The molecule has 0 spiro atoms. The number of nitrogens with one attached hydrogen (secondary N) is 1. The van der Waals surface area contributed by atoms with E-state index in [4.69, 9.17) is 9.16 Å². The highest BCUT2D eigenvalue weighted by atomic mass is 79.9. The van der Waals surface area contributed by atoms with E-state index in [0.717, 1.165) is 0 Å². The summed E-state index contributed by atoms with van der Waals surface area (Å²) in [5.41, 5.74) is 0.370. The third kappa shape index (κ3) is 3.65. The summed E-state index contributed by atoms with van der Waals surface area (Å²) in [6.45, 7) is 10.3. The maximum absolute atomic E-state index is 14.6. The lowest BCUT2D eigenvalue weighted by atomic mass is 10.0. The van der Waals surface area contributed by atoms with Gasteiger partial charge in [-0.25, -0.2) is 13.6 Å². The first-order valence-corrected chi connectivity index (χ1v) is 11.7. The minimum absolute atomic E-state index is 0.0618. The van der Waals surface area contributed by atoms with Crippen molar-refractivity contribution in [1.29, 1.82) is 0 Å². The standard InChI is InChI=1S/C16H22BrF2NO3Si/c1-16(2,3)24(4,5)23-11(7-17)10-6-9-8-22-15(21)20-14(9)13(19)12(10)18/h6,11H,7-8H2,1-5H3,(H,20,21). The van der Waals surface area contributed by atoms with Gasteiger partial charge in [-0.1, -0.05) is 36.7 Å². The first kappa shape index (κ1) is 19.3. The van der Waals surface area contributed by atoms with Gasteiger partial charge in [0.05, 0.1) is 11.8 Å². The van der Waals surface area contributed by atoms with Gasteiger partial charge >= 0.3 is 6.09 Å². The van der Waals surface area contributed by atoms with Crippen molar-refractivity contribution in [2.75, 3.05) is 10.6 Å². The zero-order valence-electron chi connectivity index (χ0n) is 14.4. The summed E-state index contributed by atoms with van der Waals surface area (Å²) < 4.78 is 40.0. The van der Waals surface area contributed by atoms with Crippen molar-refractivity contribution in [2.24, 2.45) is 0 Å². The van der Waals surface area contributed by atoms with Crippen LogP contribution in [0.1, 0.15) is 38.0 Å². The Labute approximate surface area is 150 Å². The summed E-state index contributed by atoms with van der Waals surface area (Å²) in [6, 6.07) is 1.51. The lowest BCUT2D eigenvalue weighted by Crippen LogP contribution is -2.42. The molecule has 0 bridgehead atoms. The first-order chi connectivity index (χ1) is 11.0. The van der Waals surface area contributed by atoms with Gasteiger partial charge in [0.1, 0.15) is 6.61 Å². The van der Waals surface area contributed by atoms with Gasteiger partial charge in [-0.3, -0.25) is 5.32 Å². The number of benzene rings is 1. The number of anilines is 1. The number of hydrogen-bond donors (Lipinski definition) is 1. The number of halogens is 3. The van der Waals surface area contributed by atoms with Crippen LogP contribution in [0.3, 0.4) is 0 Å². The molecule has 0 aromatic heterocycles. The molecule has 1 aliphatic heterocycles. The molecule has 2 rings (SSSR count).